The normalized spacial score (nSPS) is 12.1. The summed E-state index contributed by atoms with van der Waals surface area (Å²) < 4.78 is 15.7. The molecule has 0 atom stereocenters. The van der Waals surface area contributed by atoms with Crippen LogP contribution in [0, 0.1) is 13.8 Å². The highest BCUT2D eigenvalue weighted by Crippen LogP contribution is 2.32. The predicted octanol–water partition coefficient (Wildman–Crippen LogP) is 2.61. The second-order valence-electron chi connectivity index (χ2n) is 6.35. The van der Waals surface area contributed by atoms with Crippen molar-refractivity contribution >= 4 is 28.3 Å². The molecule has 1 aliphatic rings. The van der Waals surface area contributed by atoms with Crippen molar-refractivity contribution in [1.29, 1.82) is 0 Å². The van der Waals surface area contributed by atoms with Gasteiger partial charge in [0, 0.05) is 30.7 Å². The minimum atomic E-state index is -0.291. The van der Waals surface area contributed by atoms with E-state index in [1.165, 1.54) is 16.2 Å². The van der Waals surface area contributed by atoms with Crippen LogP contribution in [-0.4, -0.2) is 55.3 Å². The fraction of sp³-hybridized carbons (Fsp3) is 0.421. The molecule has 0 bridgehead atoms. The van der Waals surface area contributed by atoms with Gasteiger partial charge >= 0.3 is 0 Å². The molecule has 0 aliphatic carbocycles. The molecule has 1 aliphatic heterocycles. The Kier molecular flexibility index (Phi) is 6.48. The molecule has 1 aromatic carbocycles. The van der Waals surface area contributed by atoms with Gasteiger partial charge in [0.15, 0.2) is 16.6 Å². The van der Waals surface area contributed by atoms with Crippen molar-refractivity contribution in [1.82, 2.24) is 9.88 Å². The van der Waals surface area contributed by atoms with Gasteiger partial charge in [-0.25, -0.2) is 4.98 Å². The van der Waals surface area contributed by atoms with Crippen LogP contribution >= 0.6 is 11.3 Å². The van der Waals surface area contributed by atoms with E-state index in [1.54, 1.807) is 25.3 Å². The van der Waals surface area contributed by atoms with E-state index in [0.29, 0.717) is 41.8 Å². The molecule has 2 amide bonds. The monoisotopic (exact) mass is 405 g/mol. The van der Waals surface area contributed by atoms with Gasteiger partial charge in [-0.15, -0.1) is 11.3 Å². The molecule has 0 fully saturated rings. The summed E-state index contributed by atoms with van der Waals surface area (Å²) in [5.74, 6) is 0.590. The highest BCUT2D eigenvalue weighted by atomic mass is 32.1. The van der Waals surface area contributed by atoms with Crippen molar-refractivity contribution in [2.24, 2.45) is 0 Å². The van der Waals surface area contributed by atoms with Crippen molar-refractivity contribution in [2.75, 3.05) is 38.9 Å². The summed E-state index contributed by atoms with van der Waals surface area (Å²) in [7, 11) is 1.60. The summed E-state index contributed by atoms with van der Waals surface area (Å²) >= 11 is 1.41. The molecule has 8 nitrogen and oxygen atoms in total. The van der Waals surface area contributed by atoms with Crippen molar-refractivity contribution in [2.45, 2.75) is 20.3 Å². The number of benzene rings is 1. The fourth-order valence-electron chi connectivity index (χ4n) is 2.72. The number of nitrogens with one attached hydrogen (secondary N) is 1. The van der Waals surface area contributed by atoms with Gasteiger partial charge in [-0.1, -0.05) is 0 Å². The zero-order chi connectivity index (χ0) is 20.1. The Balaban J connectivity index is 1.70. The quantitative estimate of drug-likeness (QED) is 0.679. The lowest BCUT2D eigenvalue weighted by atomic mass is 10.1. The van der Waals surface area contributed by atoms with Gasteiger partial charge in [-0.3, -0.25) is 9.59 Å². The highest BCUT2D eigenvalue weighted by Gasteiger charge is 2.22. The van der Waals surface area contributed by atoms with Crippen LogP contribution in [0.2, 0.25) is 0 Å². The Morgan fingerprint density at radius 1 is 1.29 bits per heavy atom. The van der Waals surface area contributed by atoms with Crippen LogP contribution in [0.5, 0.6) is 11.5 Å². The molecule has 2 heterocycles. The Hall–Kier alpha value is -2.65. The van der Waals surface area contributed by atoms with E-state index in [2.05, 4.69) is 10.3 Å². The Morgan fingerprint density at radius 2 is 2.07 bits per heavy atom. The third-order valence-electron chi connectivity index (χ3n) is 4.29. The lowest BCUT2D eigenvalue weighted by Crippen LogP contribution is -2.39. The SMILES string of the molecule is COCCCN(CC(=O)Nc1nc(C)c(C)s1)C(=O)c1ccc2c(c1)OCO2. The Bertz CT molecular complexity index is 848. The van der Waals surface area contributed by atoms with E-state index < -0.39 is 0 Å². The lowest BCUT2D eigenvalue weighted by molar-refractivity contribution is -0.116. The van der Waals surface area contributed by atoms with Crippen LogP contribution in [0.15, 0.2) is 18.2 Å². The van der Waals surface area contributed by atoms with Crippen LogP contribution in [0.1, 0.15) is 27.3 Å². The number of thiazole rings is 1. The largest absolute Gasteiger partial charge is 0.454 e. The van der Waals surface area contributed by atoms with Gasteiger partial charge in [-0.05, 0) is 38.5 Å². The number of anilines is 1. The number of carbonyl (C=O) groups is 2. The molecule has 150 valence electrons. The first-order chi connectivity index (χ1) is 13.5. The maximum atomic E-state index is 13.0. The average Bonchev–Trinajstić information content (AvgIpc) is 3.25. The topological polar surface area (TPSA) is 90.0 Å². The van der Waals surface area contributed by atoms with E-state index in [1.807, 2.05) is 13.8 Å². The van der Waals surface area contributed by atoms with Gasteiger partial charge in [0.1, 0.15) is 6.54 Å². The smallest absolute Gasteiger partial charge is 0.254 e. The van der Waals surface area contributed by atoms with Gasteiger partial charge in [0.05, 0.1) is 5.69 Å². The number of ether oxygens (including phenoxy) is 3. The zero-order valence-corrected chi connectivity index (χ0v) is 16.9. The van der Waals surface area contributed by atoms with E-state index in [0.717, 1.165) is 10.6 Å². The summed E-state index contributed by atoms with van der Waals surface area (Å²) in [6.07, 6.45) is 0.621. The second-order valence-corrected chi connectivity index (χ2v) is 7.55. The third kappa shape index (κ3) is 4.79. The summed E-state index contributed by atoms with van der Waals surface area (Å²) in [5.41, 5.74) is 1.32. The standard InChI is InChI=1S/C19H23N3O5S/c1-12-13(2)28-19(20-12)21-17(23)10-22(7-4-8-25-3)18(24)14-5-6-15-16(9-14)27-11-26-15/h5-6,9H,4,7-8,10-11H2,1-3H3,(H,20,21,23). The molecule has 0 spiro atoms. The third-order valence-corrected chi connectivity index (χ3v) is 5.28. The van der Waals surface area contributed by atoms with E-state index in [9.17, 15) is 9.59 Å². The van der Waals surface area contributed by atoms with Crippen LogP contribution < -0.4 is 14.8 Å². The van der Waals surface area contributed by atoms with E-state index >= 15 is 0 Å². The first-order valence-corrected chi connectivity index (χ1v) is 9.71. The number of hydrogen-bond acceptors (Lipinski definition) is 7. The van der Waals surface area contributed by atoms with E-state index in [-0.39, 0.29) is 25.2 Å². The number of nitrogens with zero attached hydrogens (tertiary/aromatic N) is 2. The molecule has 1 N–H and O–H groups in total. The fourth-order valence-corrected chi connectivity index (χ4v) is 3.55. The molecule has 3 rings (SSSR count). The van der Waals surface area contributed by atoms with Crippen LogP contribution in [0.25, 0.3) is 0 Å². The minimum Gasteiger partial charge on any atom is -0.454 e. The van der Waals surface area contributed by atoms with Crippen molar-refractivity contribution in [3.05, 3.63) is 34.3 Å². The molecular weight excluding hydrogens is 382 g/mol. The summed E-state index contributed by atoms with van der Waals surface area (Å²) in [5, 5.41) is 3.31. The number of amides is 2. The lowest BCUT2D eigenvalue weighted by Gasteiger charge is -2.22. The summed E-state index contributed by atoms with van der Waals surface area (Å²) in [6, 6.07) is 5.01. The van der Waals surface area contributed by atoms with Gasteiger partial charge < -0.3 is 24.4 Å². The Morgan fingerprint density at radius 3 is 2.79 bits per heavy atom. The molecule has 9 heteroatoms. The predicted molar refractivity (Wildman–Crippen MR) is 105 cm³/mol. The number of hydrogen-bond donors (Lipinski definition) is 1. The number of fused-ring (bicyclic) bond motifs is 1. The highest BCUT2D eigenvalue weighted by molar-refractivity contribution is 7.15. The zero-order valence-electron chi connectivity index (χ0n) is 16.1. The molecule has 0 saturated heterocycles. The van der Waals surface area contributed by atoms with Crippen LogP contribution in [-0.2, 0) is 9.53 Å². The molecular formula is C19H23N3O5S. The average molecular weight is 405 g/mol. The summed E-state index contributed by atoms with van der Waals surface area (Å²) in [4.78, 5) is 32.3. The first-order valence-electron chi connectivity index (χ1n) is 8.89. The molecule has 1 aromatic heterocycles. The Labute approximate surface area is 167 Å². The first kappa shape index (κ1) is 20.1. The number of aryl methyl sites for hydroxylation is 2. The number of aromatic nitrogens is 1. The van der Waals surface area contributed by atoms with Gasteiger partial charge in [0.2, 0.25) is 12.7 Å². The minimum absolute atomic E-state index is 0.0747. The van der Waals surface area contributed by atoms with Gasteiger partial charge in [0.25, 0.3) is 5.91 Å². The number of carbonyl (C=O) groups excluding carboxylic acids is 2. The van der Waals surface area contributed by atoms with Crippen LogP contribution in [0.4, 0.5) is 5.13 Å². The molecule has 2 aromatic rings. The van der Waals surface area contributed by atoms with Crippen LogP contribution in [0.3, 0.4) is 0 Å². The van der Waals surface area contributed by atoms with Gasteiger partial charge in [-0.2, -0.15) is 0 Å². The summed E-state index contributed by atoms with van der Waals surface area (Å²) in [6.45, 7) is 4.79. The maximum absolute atomic E-state index is 13.0. The molecule has 0 unspecified atom stereocenters. The van der Waals surface area contributed by atoms with Crippen molar-refractivity contribution in [3.63, 3.8) is 0 Å². The van der Waals surface area contributed by atoms with Crippen molar-refractivity contribution in [3.8, 4) is 11.5 Å². The molecule has 0 saturated carbocycles. The molecule has 0 radical (unpaired) electrons. The maximum Gasteiger partial charge on any atom is 0.254 e. The number of rotatable bonds is 8. The number of methoxy groups -OCH3 is 1. The second kappa shape index (κ2) is 9.03. The van der Waals surface area contributed by atoms with Crippen molar-refractivity contribution < 1.29 is 23.8 Å². The molecule has 28 heavy (non-hydrogen) atoms. The van der Waals surface area contributed by atoms with E-state index in [4.69, 9.17) is 14.2 Å².